The molecular weight excluding hydrogens is 420 g/mol. The molecule has 1 heterocycles. The lowest BCUT2D eigenvalue weighted by molar-refractivity contribution is -0.139. The Morgan fingerprint density at radius 2 is 1.64 bits per heavy atom. The van der Waals surface area contributed by atoms with Gasteiger partial charge in [0.1, 0.15) is 5.70 Å². The minimum absolute atomic E-state index is 0.0557. The number of benzene rings is 1. The monoisotopic (exact) mass is 452 g/mol. The number of nitrogens with one attached hydrogen (secondary N) is 1. The van der Waals surface area contributed by atoms with Gasteiger partial charge in [0.2, 0.25) is 5.91 Å². The van der Waals surface area contributed by atoms with Gasteiger partial charge in [-0.05, 0) is 59.1 Å². The minimum atomic E-state index is -0.667. The number of esters is 2. The Morgan fingerprint density at radius 1 is 1.00 bits per heavy atom. The molecule has 0 saturated heterocycles. The zero-order valence-corrected chi connectivity index (χ0v) is 20.6. The van der Waals surface area contributed by atoms with Crippen LogP contribution in [0.15, 0.2) is 41.8 Å². The molecule has 7 nitrogen and oxygen atoms in total. The van der Waals surface area contributed by atoms with E-state index in [1.54, 1.807) is 23.3 Å². The first-order valence-electron chi connectivity index (χ1n) is 10.9. The Labute approximate surface area is 195 Å². The Morgan fingerprint density at radius 3 is 2.21 bits per heavy atom. The van der Waals surface area contributed by atoms with Crippen LogP contribution in [-0.2, 0) is 34.7 Å². The van der Waals surface area contributed by atoms with Gasteiger partial charge in [-0.1, -0.05) is 33.8 Å². The molecule has 0 saturated carbocycles. The smallest absolute Gasteiger partial charge is 0.355 e. The van der Waals surface area contributed by atoms with Crippen molar-refractivity contribution in [3.63, 3.8) is 0 Å². The van der Waals surface area contributed by atoms with Gasteiger partial charge in [-0.3, -0.25) is 4.79 Å². The van der Waals surface area contributed by atoms with Crippen molar-refractivity contribution in [2.45, 2.75) is 58.8 Å². The zero-order valence-electron chi connectivity index (χ0n) is 20.6. The molecule has 3 rings (SSSR count). The molecule has 33 heavy (non-hydrogen) atoms. The predicted molar refractivity (Wildman–Crippen MR) is 128 cm³/mol. The molecule has 0 bridgehead atoms. The van der Waals surface area contributed by atoms with Crippen LogP contribution in [0.1, 0.15) is 57.7 Å². The zero-order chi connectivity index (χ0) is 24.7. The number of methoxy groups -OCH3 is 2. The van der Waals surface area contributed by atoms with E-state index >= 15 is 0 Å². The van der Waals surface area contributed by atoms with E-state index in [9.17, 15) is 14.4 Å². The Balaban J connectivity index is 2.46. The van der Waals surface area contributed by atoms with Crippen molar-refractivity contribution in [3.8, 4) is 0 Å². The molecule has 0 unspecified atom stereocenters. The summed E-state index contributed by atoms with van der Waals surface area (Å²) in [5.74, 6) is -1.50. The van der Waals surface area contributed by atoms with Crippen LogP contribution in [0.3, 0.4) is 0 Å². The number of nitrogens with zero attached hydrogens (tertiary/aromatic N) is 1. The number of rotatable bonds is 4. The van der Waals surface area contributed by atoms with Crippen molar-refractivity contribution in [1.82, 2.24) is 0 Å². The molecule has 1 aromatic carbocycles. The number of amides is 1. The lowest BCUT2D eigenvalue weighted by Crippen LogP contribution is -2.30. The normalized spacial score (nSPS) is 18.0. The molecule has 0 spiro atoms. The van der Waals surface area contributed by atoms with Crippen LogP contribution >= 0.6 is 0 Å². The molecule has 0 aromatic heterocycles. The highest BCUT2D eigenvalue weighted by Gasteiger charge is 2.46. The van der Waals surface area contributed by atoms with Crippen LogP contribution in [0.25, 0.3) is 0 Å². The van der Waals surface area contributed by atoms with Gasteiger partial charge in [0.25, 0.3) is 0 Å². The molecular formula is C26H32N2O5. The highest BCUT2D eigenvalue weighted by atomic mass is 16.5. The van der Waals surface area contributed by atoms with Gasteiger partial charge in [-0.15, -0.1) is 0 Å². The summed E-state index contributed by atoms with van der Waals surface area (Å²) in [7, 11) is 2.55. The first-order valence-corrected chi connectivity index (χ1v) is 10.9. The topological polar surface area (TPSA) is 84.9 Å². The number of anilines is 2. The van der Waals surface area contributed by atoms with Gasteiger partial charge in [0.05, 0.1) is 25.5 Å². The van der Waals surface area contributed by atoms with Crippen molar-refractivity contribution in [3.05, 3.63) is 58.5 Å². The highest BCUT2D eigenvalue weighted by molar-refractivity contribution is 6.06. The van der Waals surface area contributed by atoms with Crippen LogP contribution in [0.2, 0.25) is 0 Å². The summed E-state index contributed by atoms with van der Waals surface area (Å²) in [6.07, 6.45) is 7.58. The third-order valence-electron chi connectivity index (χ3n) is 6.28. The van der Waals surface area contributed by atoms with Crippen LogP contribution in [0.5, 0.6) is 0 Å². The van der Waals surface area contributed by atoms with Gasteiger partial charge in [0.15, 0.2) is 0 Å². The molecule has 176 valence electrons. The predicted octanol–water partition coefficient (Wildman–Crippen LogP) is 4.40. The number of carbonyl (C=O) groups excluding carboxylic acids is 3. The Kier molecular flexibility index (Phi) is 6.29. The molecule has 0 radical (unpaired) electrons. The first kappa shape index (κ1) is 24.3. The lowest BCUT2D eigenvalue weighted by atomic mass is 9.81. The van der Waals surface area contributed by atoms with Gasteiger partial charge in [-0.2, -0.15) is 0 Å². The lowest BCUT2D eigenvalue weighted by Gasteiger charge is -2.32. The molecule has 1 amide bonds. The number of allylic oxidation sites excluding steroid dienone is 2. The average Bonchev–Trinajstić information content (AvgIpc) is 2.87. The molecule has 2 aliphatic rings. The fraction of sp³-hybridized carbons (Fsp3) is 0.423. The van der Waals surface area contributed by atoms with Crippen LogP contribution in [0, 0.1) is 6.92 Å². The van der Waals surface area contributed by atoms with Crippen LogP contribution in [0.4, 0.5) is 11.4 Å². The fourth-order valence-electron chi connectivity index (χ4n) is 5.23. The summed E-state index contributed by atoms with van der Waals surface area (Å²) in [6.45, 7) is 12.1. The summed E-state index contributed by atoms with van der Waals surface area (Å²) in [5.41, 5.74) is 4.10. The van der Waals surface area contributed by atoms with E-state index < -0.39 is 11.9 Å². The summed E-state index contributed by atoms with van der Waals surface area (Å²) >= 11 is 0. The second-order valence-electron chi connectivity index (χ2n) is 9.76. The van der Waals surface area contributed by atoms with E-state index in [0.717, 1.165) is 28.8 Å². The molecule has 0 fully saturated rings. The van der Waals surface area contributed by atoms with E-state index in [-0.39, 0.29) is 28.0 Å². The van der Waals surface area contributed by atoms with E-state index in [1.165, 1.54) is 27.2 Å². The van der Waals surface area contributed by atoms with Crippen molar-refractivity contribution < 1.29 is 23.9 Å². The Bertz CT molecular complexity index is 1120. The van der Waals surface area contributed by atoms with Gasteiger partial charge in [-0.25, -0.2) is 9.59 Å². The molecule has 0 atom stereocenters. The average molecular weight is 453 g/mol. The molecule has 1 aromatic rings. The molecule has 1 aliphatic carbocycles. The van der Waals surface area contributed by atoms with E-state index in [0.29, 0.717) is 5.69 Å². The van der Waals surface area contributed by atoms with Gasteiger partial charge < -0.3 is 19.7 Å². The molecule has 7 heteroatoms. The quantitative estimate of drug-likeness (QED) is 0.682. The number of fused-ring (bicyclic) bond motifs is 1. The maximum absolute atomic E-state index is 13.0. The number of ether oxygens (including phenoxy) is 2. The second kappa shape index (κ2) is 8.54. The van der Waals surface area contributed by atoms with Crippen molar-refractivity contribution in [2.75, 3.05) is 24.4 Å². The number of hydrogen-bond acceptors (Lipinski definition) is 6. The summed E-state index contributed by atoms with van der Waals surface area (Å²) < 4.78 is 10.0. The van der Waals surface area contributed by atoms with E-state index in [2.05, 4.69) is 33.0 Å². The summed E-state index contributed by atoms with van der Waals surface area (Å²) in [4.78, 5) is 39.4. The van der Waals surface area contributed by atoms with Crippen LogP contribution in [-0.4, -0.2) is 32.1 Å². The third-order valence-corrected chi connectivity index (χ3v) is 6.28. The maximum atomic E-state index is 13.0. The summed E-state index contributed by atoms with van der Waals surface area (Å²) in [6, 6.07) is 2.03. The van der Waals surface area contributed by atoms with Crippen molar-refractivity contribution in [2.24, 2.45) is 0 Å². The van der Waals surface area contributed by atoms with Gasteiger partial charge >= 0.3 is 11.9 Å². The number of carbonyl (C=O) groups is 3. The molecule has 1 N–H and O–H groups in total. The van der Waals surface area contributed by atoms with Crippen molar-refractivity contribution >= 4 is 29.2 Å². The van der Waals surface area contributed by atoms with Crippen molar-refractivity contribution in [1.29, 1.82) is 0 Å². The minimum Gasteiger partial charge on any atom is -0.465 e. The largest absolute Gasteiger partial charge is 0.465 e. The molecule has 1 aliphatic heterocycles. The highest BCUT2D eigenvalue weighted by Crippen LogP contribution is 2.55. The second-order valence-corrected chi connectivity index (χ2v) is 9.76. The van der Waals surface area contributed by atoms with Gasteiger partial charge in [0, 0.05) is 18.8 Å². The van der Waals surface area contributed by atoms with E-state index in [4.69, 9.17) is 9.47 Å². The van der Waals surface area contributed by atoms with Crippen LogP contribution < -0.4 is 10.2 Å². The fourth-order valence-corrected chi connectivity index (χ4v) is 5.23. The maximum Gasteiger partial charge on any atom is 0.355 e. The first-order chi connectivity index (χ1) is 15.4. The Hall–Kier alpha value is -3.35. The standard InChI is InChI=1S/C26H32N2O5/c1-15-19(27-16(2)29)13-18-20(26(5,6)14-25(18,3)4)21(15)28-12-10-9-11-17(23(30)32-7)22(28)24(31)33-8/h9-13H,14H2,1-8H3,(H,27,29). The summed E-state index contributed by atoms with van der Waals surface area (Å²) in [5, 5.41) is 2.94. The SMILES string of the molecule is COC(=O)C1=C(C(=O)OC)N(c2c(C)c(NC(C)=O)cc3c2C(C)(C)CC3(C)C)C=CC=C1. The third kappa shape index (κ3) is 4.19. The number of hydrogen-bond donors (Lipinski definition) is 1. The van der Waals surface area contributed by atoms with E-state index in [1.807, 2.05) is 13.0 Å².